The molecule has 0 spiro atoms. The Balaban J connectivity index is 1.37. The Hall–Kier alpha value is -3.28. The van der Waals surface area contributed by atoms with E-state index >= 15 is 0 Å². The van der Waals surface area contributed by atoms with Crippen LogP contribution in [0.2, 0.25) is 0 Å². The third-order valence-corrected chi connectivity index (χ3v) is 5.73. The normalized spacial score (nSPS) is 11.0. The molecule has 0 bridgehead atoms. The van der Waals surface area contributed by atoms with Crippen molar-refractivity contribution in [2.24, 2.45) is 0 Å². The number of aromatic hydroxyl groups is 1. The number of rotatable bonds is 14. The van der Waals surface area contributed by atoms with Crippen LogP contribution < -0.4 is 10.2 Å². The van der Waals surface area contributed by atoms with Crippen molar-refractivity contribution in [1.82, 2.24) is 0 Å². The Morgan fingerprint density at radius 3 is 2.15 bits per heavy atom. The van der Waals surface area contributed by atoms with Gasteiger partial charge in [0.05, 0.1) is 17.6 Å². The summed E-state index contributed by atoms with van der Waals surface area (Å²) >= 11 is 0. The number of carboxylic acids is 1. The smallest absolute Gasteiger partial charge is 0.303 e. The summed E-state index contributed by atoms with van der Waals surface area (Å²) in [7, 11) is 0. The van der Waals surface area contributed by atoms with Crippen molar-refractivity contribution in [2.45, 2.75) is 64.2 Å². The minimum Gasteiger partial charge on any atom is -0.508 e. The zero-order valence-corrected chi connectivity index (χ0v) is 18.9. The lowest BCUT2D eigenvalue weighted by Gasteiger charge is -2.08. The molecule has 33 heavy (non-hydrogen) atoms. The number of fused-ring (bicyclic) bond motifs is 1. The number of aliphatic carboxylic acids is 1. The van der Waals surface area contributed by atoms with Gasteiger partial charge in [0.25, 0.3) is 0 Å². The second kappa shape index (κ2) is 12.7. The number of carbonyl (C=O) groups is 1. The molecule has 0 amide bonds. The fourth-order valence-corrected chi connectivity index (χ4v) is 3.84. The molecule has 176 valence electrons. The first kappa shape index (κ1) is 24.4. The van der Waals surface area contributed by atoms with Crippen molar-refractivity contribution in [2.75, 3.05) is 6.61 Å². The van der Waals surface area contributed by atoms with E-state index in [-0.39, 0.29) is 17.6 Å². The average molecular weight is 453 g/mol. The van der Waals surface area contributed by atoms with E-state index in [1.54, 1.807) is 42.5 Å². The first-order chi connectivity index (χ1) is 16.0. The highest BCUT2D eigenvalue weighted by atomic mass is 16.5. The predicted molar refractivity (Wildman–Crippen MR) is 129 cm³/mol. The highest BCUT2D eigenvalue weighted by molar-refractivity contribution is 5.82. The number of hydrogen-bond donors (Lipinski definition) is 2. The molecule has 0 fully saturated rings. The van der Waals surface area contributed by atoms with Gasteiger partial charge >= 0.3 is 5.97 Å². The van der Waals surface area contributed by atoms with Crippen LogP contribution in [0.15, 0.2) is 57.9 Å². The summed E-state index contributed by atoms with van der Waals surface area (Å²) in [4.78, 5) is 23.3. The van der Waals surface area contributed by atoms with Crippen LogP contribution in [0.3, 0.4) is 0 Å². The standard InChI is InChI=1S/C27H32O6/c28-21-13-11-20(12-14-21)24-19-33-25-18-22(15-16-23(25)27(24)31)32-17-9-7-5-3-1-2-4-6-8-10-26(29)30/h11-16,18-19,28H,1-10,17H2,(H,29,30). The molecule has 0 aliphatic carbocycles. The minimum absolute atomic E-state index is 0.115. The number of phenolic OH excluding ortho intramolecular Hbond substituents is 1. The largest absolute Gasteiger partial charge is 0.508 e. The number of benzene rings is 2. The van der Waals surface area contributed by atoms with E-state index in [0.29, 0.717) is 34.5 Å². The van der Waals surface area contributed by atoms with Crippen LogP contribution in [-0.4, -0.2) is 22.8 Å². The van der Waals surface area contributed by atoms with E-state index < -0.39 is 5.97 Å². The van der Waals surface area contributed by atoms with Gasteiger partial charge in [0.1, 0.15) is 23.3 Å². The van der Waals surface area contributed by atoms with Gasteiger partial charge in [-0.2, -0.15) is 0 Å². The van der Waals surface area contributed by atoms with E-state index in [4.69, 9.17) is 14.3 Å². The van der Waals surface area contributed by atoms with Crippen LogP contribution in [0.4, 0.5) is 0 Å². The van der Waals surface area contributed by atoms with Crippen molar-refractivity contribution < 1.29 is 24.2 Å². The number of phenols is 1. The third kappa shape index (κ3) is 7.67. The van der Waals surface area contributed by atoms with Crippen LogP contribution in [0, 0.1) is 0 Å². The SMILES string of the molecule is O=C(O)CCCCCCCCCCCOc1ccc2c(=O)c(-c3ccc(O)cc3)coc2c1. The zero-order chi connectivity index (χ0) is 23.5. The maximum atomic E-state index is 12.8. The molecule has 1 aromatic heterocycles. The van der Waals surface area contributed by atoms with Crippen LogP contribution in [0.25, 0.3) is 22.1 Å². The van der Waals surface area contributed by atoms with Gasteiger partial charge in [-0.15, -0.1) is 0 Å². The second-order valence-corrected chi connectivity index (χ2v) is 8.36. The first-order valence-corrected chi connectivity index (χ1v) is 11.7. The van der Waals surface area contributed by atoms with E-state index in [0.717, 1.165) is 32.1 Å². The molecule has 0 atom stereocenters. The summed E-state index contributed by atoms with van der Waals surface area (Å²) in [6, 6.07) is 11.7. The summed E-state index contributed by atoms with van der Waals surface area (Å²) in [6.07, 6.45) is 11.5. The highest BCUT2D eigenvalue weighted by Gasteiger charge is 2.10. The lowest BCUT2D eigenvalue weighted by Crippen LogP contribution is -2.05. The van der Waals surface area contributed by atoms with E-state index in [9.17, 15) is 14.7 Å². The quantitative estimate of drug-likeness (QED) is 0.270. The summed E-state index contributed by atoms with van der Waals surface area (Å²) < 4.78 is 11.5. The Bertz CT molecular complexity index is 1080. The van der Waals surface area contributed by atoms with E-state index in [2.05, 4.69) is 0 Å². The van der Waals surface area contributed by atoms with Crippen molar-refractivity contribution in [1.29, 1.82) is 0 Å². The summed E-state index contributed by atoms with van der Waals surface area (Å²) in [5, 5.41) is 18.5. The van der Waals surface area contributed by atoms with Crippen LogP contribution in [0.5, 0.6) is 11.5 Å². The van der Waals surface area contributed by atoms with Gasteiger partial charge in [0.15, 0.2) is 5.43 Å². The van der Waals surface area contributed by atoms with Crippen LogP contribution in [-0.2, 0) is 4.79 Å². The monoisotopic (exact) mass is 452 g/mol. The lowest BCUT2D eigenvalue weighted by molar-refractivity contribution is -0.137. The Morgan fingerprint density at radius 2 is 1.48 bits per heavy atom. The fourth-order valence-electron chi connectivity index (χ4n) is 3.84. The number of ether oxygens (including phenoxy) is 1. The third-order valence-electron chi connectivity index (χ3n) is 5.73. The highest BCUT2D eigenvalue weighted by Crippen LogP contribution is 2.24. The molecule has 6 heteroatoms. The van der Waals surface area contributed by atoms with Crippen LogP contribution in [0.1, 0.15) is 64.2 Å². The minimum atomic E-state index is -0.704. The van der Waals surface area contributed by atoms with Crippen molar-refractivity contribution in [3.05, 3.63) is 59.0 Å². The van der Waals surface area contributed by atoms with Gasteiger partial charge in [-0.05, 0) is 42.7 Å². The van der Waals surface area contributed by atoms with E-state index in [1.807, 2.05) is 0 Å². The fraction of sp³-hybridized carbons (Fsp3) is 0.407. The summed E-state index contributed by atoms with van der Waals surface area (Å²) in [5.74, 6) is 0.130. The van der Waals surface area contributed by atoms with Gasteiger partial charge in [-0.3, -0.25) is 9.59 Å². The molecular formula is C27H32O6. The maximum absolute atomic E-state index is 12.8. The molecule has 0 saturated heterocycles. The Labute approximate surface area is 193 Å². The molecule has 2 N–H and O–H groups in total. The van der Waals surface area contributed by atoms with Crippen molar-refractivity contribution in [3.63, 3.8) is 0 Å². The predicted octanol–water partition coefficient (Wildman–Crippen LogP) is 6.53. The molecule has 0 aliphatic heterocycles. The van der Waals surface area contributed by atoms with Gasteiger partial charge in [-0.25, -0.2) is 0 Å². The van der Waals surface area contributed by atoms with Crippen molar-refractivity contribution >= 4 is 16.9 Å². The Morgan fingerprint density at radius 1 is 0.848 bits per heavy atom. The molecule has 0 radical (unpaired) electrons. The van der Waals surface area contributed by atoms with Gasteiger partial charge < -0.3 is 19.4 Å². The summed E-state index contributed by atoms with van der Waals surface area (Å²) in [6.45, 7) is 0.622. The van der Waals surface area contributed by atoms with Gasteiger partial charge in [0.2, 0.25) is 0 Å². The molecule has 6 nitrogen and oxygen atoms in total. The topological polar surface area (TPSA) is 97.0 Å². The van der Waals surface area contributed by atoms with Gasteiger partial charge in [-0.1, -0.05) is 57.1 Å². The van der Waals surface area contributed by atoms with Crippen molar-refractivity contribution in [3.8, 4) is 22.6 Å². The molecule has 2 aromatic carbocycles. The zero-order valence-electron chi connectivity index (χ0n) is 18.9. The molecule has 1 heterocycles. The second-order valence-electron chi connectivity index (χ2n) is 8.36. The summed E-state index contributed by atoms with van der Waals surface area (Å²) in [5.41, 5.74) is 1.53. The molecular weight excluding hydrogens is 420 g/mol. The van der Waals surface area contributed by atoms with Crippen LogP contribution >= 0.6 is 0 Å². The Kier molecular flexibility index (Phi) is 9.36. The maximum Gasteiger partial charge on any atom is 0.303 e. The number of hydrogen-bond acceptors (Lipinski definition) is 5. The van der Waals surface area contributed by atoms with Gasteiger partial charge in [0, 0.05) is 12.5 Å². The number of unbranched alkanes of at least 4 members (excludes halogenated alkanes) is 8. The van der Waals surface area contributed by atoms with E-state index in [1.165, 1.54) is 31.9 Å². The molecule has 3 aromatic rings. The average Bonchev–Trinajstić information content (AvgIpc) is 2.80. The lowest BCUT2D eigenvalue weighted by atomic mass is 10.1. The number of carboxylic acid groups (broad SMARTS) is 1. The first-order valence-electron chi connectivity index (χ1n) is 11.7. The molecule has 0 saturated carbocycles. The molecule has 0 unspecified atom stereocenters. The molecule has 3 rings (SSSR count). The molecule has 0 aliphatic rings.